The molecule has 0 bridgehead atoms. The fourth-order valence-corrected chi connectivity index (χ4v) is 3.87. The highest BCUT2D eigenvalue weighted by Gasteiger charge is 2.39. The van der Waals surface area contributed by atoms with E-state index in [1.54, 1.807) is 0 Å². The minimum absolute atomic E-state index is 0.235. The first kappa shape index (κ1) is 14.1. The van der Waals surface area contributed by atoms with Gasteiger partial charge in [0.25, 0.3) is 0 Å². The Morgan fingerprint density at radius 1 is 1.25 bits per heavy atom. The summed E-state index contributed by atoms with van der Waals surface area (Å²) in [7, 11) is 0. The molecule has 1 saturated carbocycles. The monoisotopic (exact) mass is 273 g/mol. The molecule has 2 heteroatoms. The lowest BCUT2D eigenvalue weighted by atomic mass is 9.89. The van der Waals surface area contributed by atoms with Crippen molar-refractivity contribution in [3.05, 3.63) is 35.4 Å². The van der Waals surface area contributed by atoms with Gasteiger partial charge in [0.05, 0.1) is 5.60 Å². The summed E-state index contributed by atoms with van der Waals surface area (Å²) in [5, 5.41) is 3.77. The van der Waals surface area contributed by atoms with Crippen molar-refractivity contribution in [2.75, 3.05) is 13.2 Å². The smallest absolute Gasteiger partial charge is 0.0697 e. The number of aryl methyl sites for hydroxylation is 1. The van der Waals surface area contributed by atoms with Gasteiger partial charge in [0.2, 0.25) is 0 Å². The van der Waals surface area contributed by atoms with Gasteiger partial charge >= 0.3 is 0 Å². The van der Waals surface area contributed by atoms with Crippen LogP contribution in [0.5, 0.6) is 0 Å². The highest BCUT2D eigenvalue weighted by molar-refractivity contribution is 5.25. The molecule has 1 aliphatic heterocycles. The van der Waals surface area contributed by atoms with Crippen molar-refractivity contribution in [2.24, 2.45) is 0 Å². The molecule has 0 aromatic heterocycles. The second-order valence-corrected chi connectivity index (χ2v) is 6.56. The Kier molecular flexibility index (Phi) is 4.42. The van der Waals surface area contributed by atoms with Gasteiger partial charge in [-0.2, -0.15) is 0 Å². The van der Waals surface area contributed by atoms with Crippen LogP contribution in [0.15, 0.2) is 24.3 Å². The molecule has 2 fully saturated rings. The zero-order valence-electron chi connectivity index (χ0n) is 12.7. The molecule has 1 atom stereocenters. The third-order valence-electron chi connectivity index (χ3n) is 5.10. The quantitative estimate of drug-likeness (QED) is 0.904. The van der Waals surface area contributed by atoms with Crippen LogP contribution in [0, 0.1) is 6.92 Å². The molecule has 2 nitrogen and oxygen atoms in total. The minimum atomic E-state index is 0.235. The van der Waals surface area contributed by atoms with E-state index in [0.717, 1.165) is 19.6 Å². The van der Waals surface area contributed by atoms with Gasteiger partial charge in [-0.05, 0) is 56.7 Å². The van der Waals surface area contributed by atoms with Crippen molar-refractivity contribution in [1.29, 1.82) is 0 Å². The predicted molar refractivity (Wildman–Crippen MR) is 83.1 cm³/mol. The summed E-state index contributed by atoms with van der Waals surface area (Å²) < 4.78 is 6.10. The lowest BCUT2D eigenvalue weighted by Crippen LogP contribution is -2.46. The van der Waals surface area contributed by atoms with Crippen molar-refractivity contribution < 1.29 is 4.74 Å². The highest BCUT2D eigenvalue weighted by Crippen LogP contribution is 2.39. The zero-order chi connectivity index (χ0) is 13.8. The van der Waals surface area contributed by atoms with Gasteiger partial charge in [0.1, 0.15) is 0 Å². The largest absolute Gasteiger partial charge is 0.375 e. The van der Waals surface area contributed by atoms with Crippen LogP contribution in [0.4, 0.5) is 0 Å². The van der Waals surface area contributed by atoms with E-state index in [-0.39, 0.29) is 5.60 Å². The number of nitrogens with one attached hydrogen (secondary N) is 1. The van der Waals surface area contributed by atoms with Crippen LogP contribution in [-0.4, -0.2) is 24.8 Å². The average Bonchev–Trinajstić information content (AvgIpc) is 2.89. The van der Waals surface area contributed by atoms with Crippen LogP contribution in [0.25, 0.3) is 0 Å². The Bertz CT molecular complexity index is 437. The first-order valence-corrected chi connectivity index (χ1v) is 8.19. The third kappa shape index (κ3) is 3.24. The maximum Gasteiger partial charge on any atom is 0.0697 e. The van der Waals surface area contributed by atoms with Gasteiger partial charge in [-0.25, -0.2) is 0 Å². The van der Waals surface area contributed by atoms with E-state index in [4.69, 9.17) is 4.74 Å². The standard InChI is InChI=1S/C18H27NO/c1-15-6-2-3-7-16(15)8-12-19-17-9-13-20-18(14-17)10-4-5-11-18/h2-3,6-7,17,19H,4-5,8-14H2,1H3. The molecule has 1 unspecified atom stereocenters. The average molecular weight is 273 g/mol. The summed E-state index contributed by atoms with van der Waals surface area (Å²) in [5.74, 6) is 0. The molecular weight excluding hydrogens is 246 g/mol. The lowest BCUT2D eigenvalue weighted by molar-refractivity contribution is -0.0834. The summed E-state index contributed by atoms with van der Waals surface area (Å²) in [6.07, 6.45) is 8.81. The van der Waals surface area contributed by atoms with E-state index in [2.05, 4.69) is 36.5 Å². The molecule has 2 aliphatic rings. The van der Waals surface area contributed by atoms with E-state index in [9.17, 15) is 0 Å². The second-order valence-electron chi connectivity index (χ2n) is 6.56. The number of benzene rings is 1. The zero-order valence-corrected chi connectivity index (χ0v) is 12.7. The molecule has 1 N–H and O–H groups in total. The first-order chi connectivity index (χ1) is 9.77. The molecule has 0 amide bonds. The Morgan fingerprint density at radius 2 is 2.05 bits per heavy atom. The molecule has 1 aromatic rings. The molecule has 20 heavy (non-hydrogen) atoms. The van der Waals surface area contributed by atoms with Gasteiger partial charge in [-0.15, -0.1) is 0 Å². The summed E-state index contributed by atoms with van der Waals surface area (Å²) in [6.45, 7) is 4.24. The van der Waals surface area contributed by atoms with Gasteiger partial charge < -0.3 is 10.1 Å². The molecule has 110 valence electrons. The Hall–Kier alpha value is -0.860. The van der Waals surface area contributed by atoms with Crippen LogP contribution in [0.2, 0.25) is 0 Å². The molecule has 3 rings (SSSR count). The molecule has 1 aliphatic carbocycles. The number of hydrogen-bond donors (Lipinski definition) is 1. The Morgan fingerprint density at radius 3 is 2.85 bits per heavy atom. The highest BCUT2D eigenvalue weighted by atomic mass is 16.5. The number of hydrogen-bond acceptors (Lipinski definition) is 2. The van der Waals surface area contributed by atoms with Crippen LogP contribution in [0.1, 0.15) is 49.7 Å². The Balaban J connectivity index is 1.48. The first-order valence-electron chi connectivity index (χ1n) is 8.19. The normalized spacial score (nSPS) is 25.1. The van der Waals surface area contributed by atoms with Crippen molar-refractivity contribution in [1.82, 2.24) is 5.32 Å². The van der Waals surface area contributed by atoms with E-state index >= 15 is 0 Å². The predicted octanol–water partition coefficient (Wildman–Crippen LogP) is 3.62. The molecule has 1 aromatic carbocycles. The third-order valence-corrected chi connectivity index (χ3v) is 5.10. The lowest BCUT2D eigenvalue weighted by Gasteiger charge is -2.38. The topological polar surface area (TPSA) is 21.3 Å². The minimum Gasteiger partial charge on any atom is -0.375 e. The molecule has 1 saturated heterocycles. The fourth-order valence-electron chi connectivity index (χ4n) is 3.87. The molecule has 1 spiro atoms. The van der Waals surface area contributed by atoms with Crippen LogP contribution >= 0.6 is 0 Å². The SMILES string of the molecule is Cc1ccccc1CCNC1CCOC2(CCCC2)C1. The van der Waals surface area contributed by atoms with Crippen molar-refractivity contribution in [3.63, 3.8) is 0 Å². The van der Waals surface area contributed by atoms with Crippen LogP contribution < -0.4 is 5.32 Å². The van der Waals surface area contributed by atoms with Gasteiger partial charge in [-0.1, -0.05) is 37.1 Å². The van der Waals surface area contributed by atoms with Crippen LogP contribution in [0.3, 0.4) is 0 Å². The summed E-state index contributed by atoms with van der Waals surface area (Å²) >= 11 is 0. The maximum atomic E-state index is 6.10. The molecule has 1 heterocycles. The van der Waals surface area contributed by atoms with Crippen molar-refractivity contribution in [2.45, 2.75) is 63.5 Å². The van der Waals surface area contributed by atoms with Gasteiger partial charge in [0, 0.05) is 12.6 Å². The van der Waals surface area contributed by atoms with Crippen molar-refractivity contribution in [3.8, 4) is 0 Å². The fraction of sp³-hybridized carbons (Fsp3) is 0.667. The van der Waals surface area contributed by atoms with E-state index in [0.29, 0.717) is 6.04 Å². The molecule has 0 radical (unpaired) electrons. The second kappa shape index (κ2) is 6.28. The van der Waals surface area contributed by atoms with Gasteiger partial charge in [-0.3, -0.25) is 0 Å². The van der Waals surface area contributed by atoms with E-state index in [1.807, 2.05) is 0 Å². The number of ether oxygens (including phenoxy) is 1. The molecular formula is C18H27NO. The van der Waals surface area contributed by atoms with Gasteiger partial charge in [0.15, 0.2) is 0 Å². The number of rotatable bonds is 4. The van der Waals surface area contributed by atoms with E-state index < -0.39 is 0 Å². The summed E-state index contributed by atoms with van der Waals surface area (Å²) in [4.78, 5) is 0. The van der Waals surface area contributed by atoms with Crippen molar-refractivity contribution >= 4 is 0 Å². The summed E-state index contributed by atoms with van der Waals surface area (Å²) in [5.41, 5.74) is 3.12. The van der Waals surface area contributed by atoms with Crippen LogP contribution in [-0.2, 0) is 11.2 Å². The van der Waals surface area contributed by atoms with E-state index in [1.165, 1.54) is 49.7 Å². The maximum absolute atomic E-state index is 6.10. The summed E-state index contributed by atoms with van der Waals surface area (Å²) in [6, 6.07) is 9.38. The Labute approximate surface area is 122 Å².